The summed E-state index contributed by atoms with van der Waals surface area (Å²) < 4.78 is 0. The minimum Gasteiger partial charge on any atom is -0.323 e. The molecule has 1 saturated heterocycles. The first-order chi connectivity index (χ1) is 6.97. The molecular formula is C11H22BN2O+. The Morgan fingerprint density at radius 1 is 1.53 bits per heavy atom. The average Bonchev–Trinajstić information content (AvgIpc) is 2.58. The van der Waals surface area contributed by atoms with Crippen molar-refractivity contribution in [3.63, 3.8) is 0 Å². The number of hydrogen-bond donors (Lipinski definition) is 2. The molecule has 0 aliphatic carbocycles. The highest BCUT2D eigenvalue weighted by molar-refractivity contribution is 6.12. The molecule has 1 aliphatic rings. The van der Waals surface area contributed by atoms with E-state index in [1.807, 2.05) is 7.05 Å². The maximum absolute atomic E-state index is 11.5. The van der Waals surface area contributed by atoms with Crippen LogP contribution >= 0.6 is 0 Å². The fourth-order valence-electron chi connectivity index (χ4n) is 2.48. The van der Waals surface area contributed by atoms with Gasteiger partial charge in [0.25, 0.3) is 0 Å². The molecule has 1 rings (SSSR count). The molecule has 0 aromatic carbocycles. The number of nitrogens with one attached hydrogen (secondary N) is 2. The molecule has 0 aromatic rings. The Labute approximate surface area is 94.0 Å². The van der Waals surface area contributed by atoms with E-state index in [1.165, 1.54) is 4.90 Å². The van der Waals surface area contributed by atoms with E-state index in [1.54, 1.807) is 6.92 Å². The number of ketones is 1. The molecule has 5 atom stereocenters. The summed E-state index contributed by atoms with van der Waals surface area (Å²) in [6.45, 7) is 6.93. The number of rotatable bonds is 4. The summed E-state index contributed by atoms with van der Waals surface area (Å²) in [6.07, 6.45) is 0.839. The summed E-state index contributed by atoms with van der Waals surface area (Å²) in [5.74, 6) is 0.452. The summed E-state index contributed by atoms with van der Waals surface area (Å²) in [5.41, 5.74) is 0. The fourth-order valence-corrected chi connectivity index (χ4v) is 2.48. The number of likely N-dealkylation sites (tertiary alicyclic amines) is 1. The molecule has 2 N–H and O–H groups in total. The second kappa shape index (κ2) is 5.13. The van der Waals surface area contributed by atoms with Crippen molar-refractivity contribution < 1.29 is 9.69 Å². The van der Waals surface area contributed by atoms with Gasteiger partial charge in [0, 0.05) is 13.3 Å². The number of likely N-dealkylation sites (N-methyl/N-ethyl adjacent to an activating group) is 1. The smallest absolute Gasteiger partial charge is 0.186 e. The molecular weight excluding hydrogens is 187 g/mol. The third kappa shape index (κ3) is 2.82. The van der Waals surface area contributed by atoms with Crippen LogP contribution in [0.3, 0.4) is 0 Å². The van der Waals surface area contributed by atoms with Crippen LogP contribution in [0.1, 0.15) is 27.2 Å². The lowest BCUT2D eigenvalue weighted by Gasteiger charge is -2.30. The lowest BCUT2D eigenvalue weighted by Crippen LogP contribution is -3.19. The van der Waals surface area contributed by atoms with Crippen molar-refractivity contribution in [3.8, 4) is 0 Å². The van der Waals surface area contributed by atoms with Gasteiger partial charge in [-0.05, 0) is 26.7 Å². The molecule has 0 aromatic heterocycles. The monoisotopic (exact) mass is 209 g/mol. The molecule has 1 aliphatic heterocycles. The van der Waals surface area contributed by atoms with E-state index in [4.69, 9.17) is 7.85 Å². The van der Waals surface area contributed by atoms with Gasteiger partial charge < -0.3 is 10.2 Å². The van der Waals surface area contributed by atoms with Crippen LogP contribution in [0.2, 0.25) is 5.82 Å². The normalized spacial score (nSPS) is 35.1. The largest absolute Gasteiger partial charge is 0.323 e. The van der Waals surface area contributed by atoms with E-state index in [9.17, 15) is 4.79 Å². The average molecular weight is 209 g/mol. The molecule has 15 heavy (non-hydrogen) atoms. The number of carbonyl (C=O) groups is 1. The lowest BCUT2D eigenvalue weighted by molar-refractivity contribution is -0.927. The van der Waals surface area contributed by atoms with E-state index < -0.39 is 0 Å². The van der Waals surface area contributed by atoms with Gasteiger partial charge in [0.15, 0.2) is 5.78 Å². The van der Waals surface area contributed by atoms with E-state index in [0.29, 0.717) is 12.1 Å². The van der Waals surface area contributed by atoms with Crippen molar-refractivity contribution >= 4 is 13.6 Å². The third-order valence-corrected chi connectivity index (χ3v) is 3.76. The molecule has 2 radical (unpaired) electrons. The van der Waals surface area contributed by atoms with E-state index in [0.717, 1.165) is 13.0 Å². The Morgan fingerprint density at radius 3 is 2.60 bits per heavy atom. The van der Waals surface area contributed by atoms with Crippen molar-refractivity contribution in [3.05, 3.63) is 0 Å². The zero-order chi connectivity index (χ0) is 11.6. The summed E-state index contributed by atoms with van der Waals surface area (Å²) in [7, 11) is 7.90. The maximum Gasteiger partial charge on any atom is 0.186 e. The maximum atomic E-state index is 11.5. The van der Waals surface area contributed by atoms with Crippen LogP contribution in [0.15, 0.2) is 0 Å². The van der Waals surface area contributed by atoms with Gasteiger partial charge in [-0.3, -0.25) is 4.79 Å². The highest BCUT2D eigenvalue weighted by Crippen LogP contribution is 2.13. The lowest BCUT2D eigenvalue weighted by atomic mass is 9.85. The standard InChI is InChI=1S/C11H21BN2O/c1-7(13-4)8(2)14-6-10(12)5-11(14)9(3)15/h7-8,10-11,13H,5-6H2,1-4H3/p+1/t7?,8?,10-,11-/m0/s1. The van der Waals surface area contributed by atoms with E-state index in [2.05, 4.69) is 19.2 Å². The van der Waals surface area contributed by atoms with Crippen LogP contribution < -0.4 is 10.2 Å². The molecule has 0 spiro atoms. The van der Waals surface area contributed by atoms with Crippen LogP contribution in [-0.2, 0) is 4.79 Å². The quantitative estimate of drug-likeness (QED) is 0.593. The van der Waals surface area contributed by atoms with E-state index >= 15 is 0 Å². The van der Waals surface area contributed by atoms with Crippen LogP contribution in [0.5, 0.6) is 0 Å². The summed E-state index contributed by atoms with van der Waals surface area (Å²) in [6, 6.07) is 0.940. The Balaban J connectivity index is 2.70. The first kappa shape index (κ1) is 12.7. The van der Waals surface area contributed by atoms with Gasteiger partial charge in [-0.2, -0.15) is 0 Å². The molecule has 1 heterocycles. The van der Waals surface area contributed by atoms with Gasteiger partial charge in [0.1, 0.15) is 12.1 Å². The molecule has 3 unspecified atom stereocenters. The molecule has 1 fully saturated rings. The molecule has 84 valence electrons. The van der Waals surface area contributed by atoms with Gasteiger partial charge >= 0.3 is 0 Å². The van der Waals surface area contributed by atoms with Crippen molar-refractivity contribution in [1.82, 2.24) is 5.32 Å². The van der Waals surface area contributed by atoms with Crippen LogP contribution in [0.25, 0.3) is 0 Å². The Morgan fingerprint density at radius 2 is 2.13 bits per heavy atom. The van der Waals surface area contributed by atoms with Crippen molar-refractivity contribution in [2.75, 3.05) is 13.6 Å². The Bertz CT molecular complexity index is 235. The molecule has 3 nitrogen and oxygen atoms in total. The zero-order valence-electron chi connectivity index (χ0n) is 10.2. The van der Waals surface area contributed by atoms with Crippen molar-refractivity contribution in [1.29, 1.82) is 0 Å². The molecule has 4 heteroatoms. The SMILES string of the molecule is [B][C@H]1C[C@@H](C(C)=O)[NH+](C(C)C(C)NC)C1. The summed E-state index contributed by atoms with van der Waals surface area (Å²) >= 11 is 0. The van der Waals surface area contributed by atoms with Gasteiger partial charge in [0.05, 0.1) is 20.4 Å². The molecule has 0 saturated carbocycles. The number of hydrogen-bond acceptors (Lipinski definition) is 2. The Hall–Kier alpha value is -0.345. The van der Waals surface area contributed by atoms with Crippen LogP contribution in [0, 0.1) is 0 Å². The van der Waals surface area contributed by atoms with E-state index in [-0.39, 0.29) is 17.6 Å². The van der Waals surface area contributed by atoms with Crippen molar-refractivity contribution in [2.45, 2.75) is 51.1 Å². The summed E-state index contributed by atoms with van der Waals surface area (Å²) in [4.78, 5) is 12.9. The predicted octanol–water partition coefficient (Wildman–Crippen LogP) is -0.814. The summed E-state index contributed by atoms with van der Waals surface area (Å²) in [5, 5.41) is 3.24. The van der Waals surface area contributed by atoms with Gasteiger partial charge in [-0.25, -0.2) is 0 Å². The number of quaternary nitrogens is 1. The molecule has 0 bridgehead atoms. The highest BCUT2D eigenvalue weighted by atomic mass is 16.1. The van der Waals surface area contributed by atoms with Gasteiger partial charge in [-0.15, -0.1) is 0 Å². The Kier molecular flexibility index (Phi) is 4.35. The highest BCUT2D eigenvalue weighted by Gasteiger charge is 2.40. The third-order valence-electron chi connectivity index (χ3n) is 3.76. The topological polar surface area (TPSA) is 33.5 Å². The fraction of sp³-hybridized carbons (Fsp3) is 0.909. The number of carbonyl (C=O) groups excluding carboxylic acids is 1. The zero-order valence-corrected chi connectivity index (χ0v) is 10.2. The van der Waals surface area contributed by atoms with Crippen LogP contribution in [0.4, 0.5) is 0 Å². The predicted molar refractivity (Wildman–Crippen MR) is 62.4 cm³/mol. The minimum atomic E-state index is 0.103. The second-order valence-corrected chi connectivity index (χ2v) is 4.80. The minimum absolute atomic E-state index is 0.103. The van der Waals surface area contributed by atoms with Crippen LogP contribution in [-0.4, -0.2) is 45.3 Å². The first-order valence-electron chi connectivity index (χ1n) is 5.76. The van der Waals surface area contributed by atoms with Gasteiger partial charge in [-0.1, -0.05) is 0 Å². The van der Waals surface area contributed by atoms with Crippen molar-refractivity contribution in [2.24, 2.45) is 0 Å². The first-order valence-corrected chi connectivity index (χ1v) is 5.76. The second-order valence-electron chi connectivity index (χ2n) is 4.80. The van der Waals surface area contributed by atoms with Gasteiger partial charge in [0.2, 0.25) is 0 Å². The molecule has 0 amide bonds. The number of Topliss-reactive ketones (excluding diaryl/α,β-unsaturated/α-hetero) is 1.